The number of nitrogens with zero attached hydrogens (tertiary/aromatic N) is 1. The summed E-state index contributed by atoms with van der Waals surface area (Å²) in [4.78, 5) is 2.29. The van der Waals surface area contributed by atoms with Crippen LogP contribution in [0.1, 0.15) is 12.5 Å². The number of anilines is 1. The number of rotatable bonds is 2. The van der Waals surface area contributed by atoms with E-state index in [-0.39, 0.29) is 22.5 Å². The van der Waals surface area contributed by atoms with Gasteiger partial charge in [-0.15, -0.1) is 0 Å². The van der Waals surface area contributed by atoms with Gasteiger partial charge in [0.15, 0.2) is 9.84 Å². The first kappa shape index (κ1) is 14.6. The fraction of sp³-hybridized carbons (Fsp3) is 0.417. The maximum Gasteiger partial charge on any atom is 0.154 e. The lowest BCUT2D eigenvalue weighted by atomic mass is 10.1. The Morgan fingerprint density at radius 2 is 2.21 bits per heavy atom. The fourth-order valence-electron chi connectivity index (χ4n) is 2.31. The van der Waals surface area contributed by atoms with Crippen molar-refractivity contribution in [3.05, 3.63) is 28.8 Å². The maximum absolute atomic E-state index is 11.6. The van der Waals surface area contributed by atoms with Crippen LogP contribution < -0.4 is 10.6 Å². The Hall–Kier alpha value is -0.850. The van der Waals surface area contributed by atoms with Crippen molar-refractivity contribution in [1.82, 2.24) is 0 Å². The summed E-state index contributed by atoms with van der Waals surface area (Å²) in [6.07, 6.45) is 0. The third kappa shape index (κ3) is 3.19. The standard InChI is InChI=1S/C12H15ClN2O2S2/c1-8-7-19(16,17)5-4-15(8)11-6-9(13)2-3-10(11)12(14)18/h2-3,6,8H,4-5,7H2,1H3,(H2,14,18). The number of hydrogen-bond acceptors (Lipinski definition) is 4. The molecule has 1 unspecified atom stereocenters. The van der Waals surface area contributed by atoms with E-state index in [1.807, 2.05) is 11.8 Å². The Labute approximate surface area is 123 Å². The van der Waals surface area contributed by atoms with Gasteiger partial charge in [-0.2, -0.15) is 0 Å². The van der Waals surface area contributed by atoms with Gasteiger partial charge >= 0.3 is 0 Å². The van der Waals surface area contributed by atoms with Crippen LogP contribution in [0.5, 0.6) is 0 Å². The van der Waals surface area contributed by atoms with Gasteiger partial charge < -0.3 is 10.6 Å². The van der Waals surface area contributed by atoms with Crippen LogP contribution in [0.3, 0.4) is 0 Å². The Kier molecular flexibility index (Phi) is 4.03. The lowest BCUT2D eigenvalue weighted by Crippen LogP contribution is -2.47. The van der Waals surface area contributed by atoms with Crippen molar-refractivity contribution in [2.45, 2.75) is 13.0 Å². The molecule has 19 heavy (non-hydrogen) atoms. The van der Waals surface area contributed by atoms with Gasteiger partial charge in [0.2, 0.25) is 0 Å². The van der Waals surface area contributed by atoms with Gasteiger partial charge in [0, 0.05) is 28.9 Å². The van der Waals surface area contributed by atoms with Crippen LogP contribution in [0.2, 0.25) is 5.02 Å². The Bertz CT molecular complexity index is 616. The third-order valence-electron chi connectivity index (χ3n) is 3.21. The molecule has 2 N–H and O–H groups in total. The van der Waals surface area contributed by atoms with Crippen molar-refractivity contribution in [2.75, 3.05) is 23.0 Å². The van der Waals surface area contributed by atoms with Crippen LogP contribution in [0, 0.1) is 0 Å². The number of nitrogens with two attached hydrogens (primary N) is 1. The average Bonchev–Trinajstić information content (AvgIpc) is 2.27. The molecule has 7 heteroatoms. The molecule has 1 fully saturated rings. The summed E-state index contributed by atoms with van der Waals surface area (Å²) in [6, 6.07) is 5.16. The summed E-state index contributed by atoms with van der Waals surface area (Å²) < 4.78 is 23.2. The molecule has 0 bridgehead atoms. The van der Waals surface area contributed by atoms with Crippen LogP contribution >= 0.6 is 23.8 Å². The summed E-state index contributed by atoms with van der Waals surface area (Å²) in [7, 11) is -2.95. The highest BCUT2D eigenvalue weighted by Crippen LogP contribution is 2.28. The van der Waals surface area contributed by atoms with Gasteiger partial charge in [0.05, 0.1) is 11.5 Å². The lowest BCUT2D eigenvalue weighted by Gasteiger charge is -2.36. The van der Waals surface area contributed by atoms with Crippen molar-refractivity contribution in [3.63, 3.8) is 0 Å². The predicted octanol–water partition coefficient (Wildman–Crippen LogP) is 1.60. The molecule has 2 rings (SSSR count). The summed E-state index contributed by atoms with van der Waals surface area (Å²) in [5.41, 5.74) is 7.25. The molecular weight excluding hydrogens is 304 g/mol. The number of hydrogen-bond donors (Lipinski definition) is 1. The maximum atomic E-state index is 11.6. The van der Waals surface area contributed by atoms with E-state index < -0.39 is 9.84 Å². The molecule has 1 heterocycles. The van der Waals surface area contributed by atoms with Gasteiger partial charge in [-0.1, -0.05) is 23.8 Å². The summed E-state index contributed by atoms with van der Waals surface area (Å²) in [6.45, 7) is 2.31. The summed E-state index contributed by atoms with van der Waals surface area (Å²) in [5, 5.41) is 0.579. The Morgan fingerprint density at radius 1 is 1.53 bits per heavy atom. The van der Waals surface area contributed by atoms with Gasteiger partial charge in [0.25, 0.3) is 0 Å². The second-order valence-corrected chi connectivity index (χ2v) is 7.79. The number of thiocarbonyl (C=S) groups is 1. The Morgan fingerprint density at radius 3 is 2.79 bits per heavy atom. The van der Waals surface area contributed by atoms with Crippen molar-refractivity contribution >= 4 is 44.3 Å². The molecule has 104 valence electrons. The molecule has 0 aromatic heterocycles. The first-order valence-corrected chi connectivity index (χ1v) is 8.47. The highest BCUT2D eigenvalue weighted by atomic mass is 35.5. The molecule has 1 saturated heterocycles. The van der Waals surface area contributed by atoms with Crippen molar-refractivity contribution in [2.24, 2.45) is 5.73 Å². The normalized spacial score (nSPS) is 22.2. The molecule has 0 spiro atoms. The second-order valence-electron chi connectivity index (χ2n) is 4.68. The minimum Gasteiger partial charge on any atom is -0.389 e. The molecule has 0 aliphatic carbocycles. The smallest absolute Gasteiger partial charge is 0.154 e. The van der Waals surface area contributed by atoms with E-state index in [2.05, 4.69) is 0 Å². The van der Waals surface area contributed by atoms with E-state index in [4.69, 9.17) is 29.6 Å². The number of benzene rings is 1. The average molecular weight is 319 g/mol. The molecular formula is C12H15ClN2O2S2. The zero-order valence-corrected chi connectivity index (χ0v) is 12.9. The van der Waals surface area contributed by atoms with E-state index in [1.54, 1.807) is 18.2 Å². The van der Waals surface area contributed by atoms with Gasteiger partial charge in [0.1, 0.15) is 4.99 Å². The fourth-order valence-corrected chi connectivity index (χ4v) is 4.20. The van der Waals surface area contributed by atoms with Crippen LogP contribution in [-0.4, -0.2) is 37.5 Å². The van der Waals surface area contributed by atoms with E-state index in [0.717, 1.165) is 11.3 Å². The molecule has 4 nitrogen and oxygen atoms in total. The van der Waals surface area contributed by atoms with Crippen molar-refractivity contribution < 1.29 is 8.42 Å². The van der Waals surface area contributed by atoms with Crippen LogP contribution in [-0.2, 0) is 9.84 Å². The molecule has 1 atom stereocenters. The molecule has 0 saturated carbocycles. The van der Waals surface area contributed by atoms with E-state index in [1.165, 1.54) is 0 Å². The van der Waals surface area contributed by atoms with Gasteiger partial charge in [-0.05, 0) is 25.1 Å². The monoisotopic (exact) mass is 318 g/mol. The summed E-state index contributed by atoms with van der Waals surface area (Å²) >= 11 is 11.1. The molecule has 1 aliphatic rings. The predicted molar refractivity (Wildman–Crippen MR) is 82.8 cm³/mol. The molecule has 0 amide bonds. The summed E-state index contributed by atoms with van der Waals surface area (Å²) in [5.74, 6) is 0.275. The van der Waals surface area contributed by atoms with Crippen molar-refractivity contribution in [3.8, 4) is 0 Å². The highest BCUT2D eigenvalue weighted by Gasteiger charge is 2.29. The zero-order valence-electron chi connectivity index (χ0n) is 10.5. The van der Waals surface area contributed by atoms with Gasteiger partial charge in [-0.25, -0.2) is 8.42 Å². The first-order chi connectivity index (χ1) is 8.80. The van der Waals surface area contributed by atoms with E-state index in [9.17, 15) is 8.42 Å². The molecule has 1 aliphatic heterocycles. The molecule has 0 radical (unpaired) electrons. The minimum absolute atomic E-state index is 0.120. The lowest BCUT2D eigenvalue weighted by molar-refractivity contribution is 0.568. The van der Waals surface area contributed by atoms with Crippen LogP contribution in [0.15, 0.2) is 18.2 Å². The highest BCUT2D eigenvalue weighted by molar-refractivity contribution is 7.91. The van der Waals surface area contributed by atoms with Crippen molar-refractivity contribution in [1.29, 1.82) is 0 Å². The second kappa shape index (κ2) is 5.26. The van der Waals surface area contributed by atoms with E-state index in [0.29, 0.717) is 11.6 Å². The zero-order chi connectivity index (χ0) is 14.2. The third-order valence-corrected chi connectivity index (χ3v) is 5.45. The molecule has 1 aromatic carbocycles. The quantitative estimate of drug-likeness (QED) is 0.839. The van der Waals surface area contributed by atoms with Gasteiger partial charge in [-0.3, -0.25) is 0 Å². The van der Waals surface area contributed by atoms with E-state index >= 15 is 0 Å². The first-order valence-electron chi connectivity index (χ1n) is 5.86. The number of halogens is 1. The van der Waals surface area contributed by atoms with Crippen LogP contribution in [0.4, 0.5) is 5.69 Å². The molecule has 1 aromatic rings. The van der Waals surface area contributed by atoms with Crippen LogP contribution in [0.25, 0.3) is 0 Å². The largest absolute Gasteiger partial charge is 0.389 e. The topological polar surface area (TPSA) is 63.4 Å². The number of sulfone groups is 1. The Balaban J connectivity index is 2.42. The minimum atomic E-state index is -2.95. The SMILES string of the molecule is CC1CS(=O)(=O)CCN1c1cc(Cl)ccc1C(N)=S.